The van der Waals surface area contributed by atoms with E-state index in [1.807, 2.05) is 6.07 Å². The van der Waals surface area contributed by atoms with E-state index in [2.05, 4.69) is 17.4 Å². The number of hydrogen-bond acceptors (Lipinski definition) is 2. The average molecular weight is 229 g/mol. The second-order valence-corrected chi connectivity index (χ2v) is 5.64. The summed E-state index contributed by atoms with van der Waals surface area (Å²) >= 11 is 0. The molecule has 0 amide bonds. The summed E-state index contributed by atoms with van der Waals surface area (Å²) in [5.74, 6) is 0.176. The first-order valence-corrected chi connectivity index (χ1v) is 6.52. The van der Waals surface area contributed by atoms with Gasteiger partial charge in [0, 0.05) is 12.1 Å². The van der Waals surface area contributed by atoms with E-state index in [9.17, 15) is 4.79 Å². The molecule has 1 aliphatic heterocycles. The monoisotopic (exact) mass is 229 g/mol. The Morgan fingerprint density at radius 1 is 1.29 bits per heavy atom. The Bertz CT molecular complexity index is 458. The standard InChI is InChI=1S/C15H19NO/c1-11(17)12-2-3-14-9-15(6-7-16-10-15)5-4-13(14)8-12/h2-3,8,16H,4-7,9-10H2,1H3. The fraction of sp³-hybridized carbons (Fsp3) is 0.533. The Morgan fingerprint density at radius 2 is 2.18 bits per heavy atom. The number of ketones is 1. The van der Waals surface area contributed by atoms with E-state index in [1.165, 1.54) is 43.5 Å². The maximum atomic E-state index is 11.4. The van der Waals surface area contributed by atoms with Gasteiger partial charge in [-0.25, -0.2) is 0 Å². The minimum Gasteiger partial charge on any atom is -0.316 e. The van der Waals surface area contributed by atoms with E-state index in [0.29, 0.717) is 5.41 Å². The summed E-state index contributed by atoms with van der Waals surface area (Å²) < 4.78 is 0. The van der Waals surface area contributed by atoms with E-state index in [4.69, 9.17) is 0 Å². The molecule has 0 radical (unpaired) electrons. The lowest BCUT2D eigenvalue weighted by molar-refractivity contribution is 0.101. The molecule has 0 saturated carbocycles. The zero-order valence-corrected chi connectivity index (χ0v) is 10.4. The maximum absolute atomic E-state index is 11.4. The van der Waals surface area contributed by atoms with Crippen LogP contribution in [0, 0.1) is 5.41 Å². The number of carbonyl (C=O) groups is 1. The normalized spacial score (nSPS) is 27.1. The van der Waals surface area contributed by atoms with E-state index < -0.39 is 0 Å². The van der Waals surface area contributed by atoms with Gasteiger partial charge >= 0.3 is 0 Å². The van der Waals surface area contributed by atoms with Gasteiger partial charge in [-0.05, 0) is 61.8 Å². The van der Waals surface area contributed by atoms with Crippen LogP contribution < -0.4 is 5.32 Å². The molecular weight excluding hydrogens is 210 g/mol. The van der Waals surface area contributed by atoms with Crippen LogP contribution in [-0.2, 0) is 12.8 Å². The van der Waals surface area contributed by atoms with E-state index in [0.717, 1.165) is 12.0 Å². The van der Waals surface area contributed by atoms with Gasteiger partial charge in [0.15, 0.2) is 5.78 Å². The van der Waals surface area contributed by atoms with Gasteiger partial charge in [0.25, 0.3) is 0 Å². The number of rotatable bonds is 1. The Balaban J connectivity index is 1.91. The first-order chi connectivity index (χ1) is 8.19. The highest BCUT2D eigenvalue weighted by molar-refractivity contribution is 5.94. The fourth-order valence-electron chi connectivity index (χ4n) is 3.30. The van der Waals surface area contributed by atoms with Crippen LogP contribution in [0.3, 0.4) is 0 Å². The van der Waals surface area contributed by atoms with Gasteiger partial charge in [-0.2, -0.15) is 0 Å². The van der Waals surface area contributed by atoms with Gasteiger partial charge in [-0.15, -0.1) is 0 Å². The quantitative estimate of drug-likeness (QED) is 0.749. The van der Waals surface area contributed by atoms with Gasteiger partial charge in [0.1, 0.15) is 0 Å². The summed E-state index contributed by atoms with van der Waals surface area (Å²) in [7, 11) is 0. The van der Waals surface area contributed by atoms with Crippen LogP contribution in [0.25, 0.3) is 0 Å². The average Bonchev–Trinajstić information content (AvgIpc) is 2.76. The third-order valence-corrected chi connectivity index (χ3v) is 4.44. The molecule has 0 bridgehead atoms. The van der Waals surface area contributed by atoms with Crippen molar-refractivity contribution in [2.45, 2.75) is 32.6 Å². The number of fused-ring (bicyclic) bond motifs is 1. The van der Waals surface area contributed by atoms with Crippen molar-refractivity contribution in [1.29, 1.82) is 0 Å². The van der Waals surface area contributed by atoms with Crippen LogP contribution in [0.1, 0.15) is 41.3 Å². The molecule has 1 atom stereocenters. The molecule has 1 N–H and O–H groups in total. The smallest absolute Gasteiger partial charge is 0.159 e. The van der Waals surface area contributed by atoms with Crippen molar-refractivity contribution in [1.82, 2.24) is 5.32 Å². The lowest BCUT2D eigenvalue weighted by Gasteiger charge is -2.34. The highest BCUT2D eigenvalue weighted by Gasteiger charge is 2.36. The Morgan fingerprint density at radius 3 is 2.88 bits per heavy atom. The molecule has 2 heteroatoms. The molecule has 1 aromatic rings. The summed E-state index contributed by atoms with van der Waals surface area (Å²) in [6.45, 7) is 3.98. The number of hydrogen-bond donors (Lipinski definition) is 1. The molecule has 2 aliphatic rings. The summed E-state index contributed by atoms with van der Waals surface area (Å²) in [5, 5.41) is 3.49. The van der Waals surface area contributed by atoms with Crippen molar-refractivity contribution in [3.63, 3.8) is 0 Å². The van der Waals surface area contributed by atoms with Crippen molar-refractivity contribution in [2.24, 2.45) is 5.41 Å². The molecule has 1 aliphatic carbocycles. The molecule has 3 rings (SSSR count). The second-order valence-electron chi connectivity index (χ2n) is 5.64. The molecule has 1 fully saturated rings. The van der Waals surface area contributed by atoms with Crippen LogP contribution in [0.15, 0.2) is 18.2 Å². The maximum Gasteiger partial charge on any atom is 0.159 e. The molecule has 0 aromatic heterocycles. The number of aryl methyl sites for hydroxylation is 1. The second kappa shape index (κ2) is 3.95. The van der Waals surface area contributed by atoms with Gasteiger partial charge in [0.2, 0.25) is 0 Å². The van der Waals surface area contributed by atoms with Gasteiger partial charge in [0.05, 0.1) is 0 Å². The van der Waals surface area contributed by atoms with Crippen molar-refractivity contribution >= 4 is 5.78 Å². The molecule has 90 valence electrons. The van der Waals surface area contributed by atoms with E-state index in [-0.39, 0.29) is 5.78 Å². The number of benzene rings is 1. The Hall–Kier alpha value is -1.15. The molecule has 1 saturated heterocycles. The van der Waals surface area contributed by atoms with Gasteiger partial charge in [-0.1, -0.05) is 12.1 Å². The number of nitrogens with one attached hydrogen (secondary N) is 1. The number of carbonyl (C=O) groups excluding carboxylic acids is 1. The van der Waals surface area contributed by atoms with Gasteiger partial charge in [-0.3, -0.25) is 4.79 Å². The molecule has 1 aromatic carbocycles. The Kier molecular flexibility index (Phi) is 2.55. The zero-order chi connectivity index (χ0) is 11.9. The van der Waals surface area contributed by atoms with Crippen molar-refractivity contribution in [2.75, 3.05) is 13.1 Å². The predicted octanol–water partition coefficient (Wildman–Crippen LogP) is 2.36. The van der Waals surface area contributed by atoms with Crippen molar-refractivity contribution < 1.29 is 4.79 Å². The summed E-state index contributed by atoms with van der Waals surface area (Å²) in [6.07, 6.45) is 4.90. The highest BCUT2D eigenvalue weighted by Crippen LogP contribution is 2.40. The van der Waals surface area contributed by atoms with Crippen LogP contribution in [0.4, 0.5) is 0 Å². The van der Waals surface area contributed by atoms with Crippen molar-refractivity contribution in [3.05, 3.63) is 34.9 Å². The third-order valence-electron chi connectivity index (χ3n) is 4.44. The lowest BCUT2D eigenvalue weighted by Crippen LogP contribution is -2.31. The minimum atomic E-state index is 0.176. The molecule has 2 nitrogen and oxygen atoms in total. The summed E-state index contributed by atoms with van der Waals surface area (Å²) in [4.78, 5) is 11.4. The third kappa shape index (κ3) is 1.91. The SMILES string of the molecule is CC(=O)c1ccc2c(c1)CCC1(CCNC1)C2. The van der Waals surface area contributed by atoms with Crippen LogP contribution >= 0.6 is 0 Å². The predicted molar refractivity (Wildman–Crippen MR) is 68.4 cm³/mol. The zero-order valence-electron chi connectivity index (χ0n) is 10.4. The summed E-state index contributed by atoms with van der Waals surface area (Å²) in [5.41, 5.74) is 4.23. The van der Waals surface area contributed by atoms with Crippen LogP contribution in [0.2, 0.25) is 0 Å². The fourth-order valence-corrected chi connectivity index (χ4v) is 3.30. The molecular formula is C15H19NO. The molecule has 1 unspecified atom stereocenters. The van der Waals surface area contributed by atoms with Crippen LogP contribution in [-0.4, -0.2) is 18.9 Å². The first-order valence-electron chi connectivity index (χ1n) is 6.52. The lowest BCUT2D eigenvalue weighted by atomic mass is 9.71. The highest BCUT2D eigenvalue weighted by atomic mass is 16.1. The Labute approximate surface area is 102 Å². The minimum absolute atomic E-state index is 0.176. The van der Waals surface area contributed by atoms with E-state index in [1.54, 1.807) is 6.92 Å². The molecule has 1 spiro atoms. The van der Waals surface area contributed by atoms with Crippen molar-refractivity contribution in [3.8, 4) is 0 Å². The van der Waals surface area contributed by atoms with E-state index >= 15 is 0 Å². The number of Topliss-reactive ketones (excluding diaryl/α,β-unsaturated/α-hetero) is 1. The van der Waals surface area contributed by atoms with Gasteiger partial charge < -0.3 is 5.32 Å². The van der Waals surface area contributed by atoms with Crippen LogP contribution in [0.5, 0.6) is 0 Å². The summed E-state index contributed by atoms with van der Waals surface area (Å²) in [6, 6.07) is 6.26. The largest absolute Gasteiger partial charge is 0.316 e. The molecule has 1 heterocycles. The molecule has 17 heavy (non-hydrogen) atoms. The topological polar surface area (TPSA) is 29.1 Å². The first kappa shape index (κ1) is 11.0.